The van der Waals surface area contributed by atoms with Crippen LogP contribution < -0.4 is 0 Å². The molecule has 0 saturated carbocycles. The summed E-state index contributed by atoms with van der Waals surface area (Å²) in [6, 6.07) is 0. The Bertz CT molecular complexity index is 299. The van der Waals surface area contributed by atoms with Crippen LogP contribution in [0, 0.1) is 11.8 Å². The first-order valence-corrected chi connectivity index (χ1v) is 5.41. The first-order valence-electron chi connectivity index (χ1n) is 3.47. The molecule has 0 aliphatic heterocycles. The van der Waals surface area contributed by atoms with E-state index in [4.69, 9.17) is 5.11 Å². The van der Waals surface area contributed by atoms with Crippen LogP contribution in [0.15, 0.2) is 6.20 Å². The highest BCUT2D eigenvalue weighted by Crippen LogP contribution is 2.10. The number of thiazole rings is 1. The van der Waals surface area contributed by atoms with Gasteiger partial charge in [0.2, 0.25) is 0 Å². The second kappa shape index (κ2) is 5.31. The number of aromatic nitrogens is 1. The van der Waals surface area contributed by atoms with Crippen molar-refractivity contribution in [3.05, 3.63) is 16.1 Å². The second-order valence-corrected chi connectivity index (χ2v) is 3.94. The highest BCUT2D eigenvalue weighted by Gasteiger charge is 1.95. The Labute approximate surface area is 83.8 Å². The number of hydrogen-bond acceptors (Lipinski definition) is 3. The van der Waals surface area contributed by atoms with E-state index in [9.17, 15) is 0 Å². The maximum absolute atomic E-state index is 8.74. The van der Waals surface area contributed by atoms with Gasteiger partial charge in [-0.15, -0.1) is 11.3 Å². The van der Waals surface area contributed by atoms with Gasteiger partial charge in [-0.2, -0.15) is 0 Å². The van der Waals surface area contributed by atoms with Gasteiger partial charge < -0.3 is 5.11 Å². The van der Waals surface area contributed by atoms with Crippen molar-refractivity contribution in [2.24, 2.45) is 0 Å². The molecule has 0 amide bonds. The minimum Gasteiger partial charge on any atom is -0.391 e. The zero-order chi connectivity index (χ0) is 8.81. The lowest BCUT2D eigenvalue weighted by atomic mass is 10.5. The highest BCUT2D eigenvalue weighted by molar-refractivity contribution is 9.09. The van der Waals surface area contributed by atoms with Crippen molar-refractivity contribution in [1.82, 2.24) is 4.98 Å². The summed E-state index contributed by atoms with van der Waals surface area (Å²) in [6.45, 7) is 0.0534. The summed E-state index contributed by atoms with van der Waals surface area (Å²) in [5.74, 6) is 5.87. The molecule has 1 heterocycles. The summed E-state index contributed by atoms with van der Waals surface area (Å²) < 4.78 is 0. The van der Waals surface area contributed by atoms with Gasteiger partial charge in [0.1, 0.15) is 0 Å². The van der Waals surface area contributed by atoms with Gasteiger partial charge >= 0.3 is 0 Å². The molecule has 0 spiro atoms. The van der Waals surface area contributed by atoms with Crippen LogP contribution in [0.2, 0.25) is 0 Å². The standard InChI is InChI=1S/C8H8BrNOS/c9-4-2-1-3-8-10-5-7(6-11)12-8/h5,11H,2,4,6H2. The van der Waals surface area contributed by atoms with E-state index in [-0.39, 0.29) is 6.61 Å². The molecule has 2 nitrogen and oxygen atoms in total. The third-order valence-electron chi connectivity index (χ3n) is 1.12. The highest BCUT2D eigenvalue weighted by atomic mass is 79.9. The Morgan fingerprint density at radius 1 is 1.67 bits per heavy atom. The zero-order valence-corrected chi connectivity index (χ0v) is 8.78. The molecule has 0 aliphatic rings. The van der Waals surface area contributed by atoms with Gasteiger partial charge in [0.15, 0.2) is 5.01 Å². The Balaban J connectivity index is 2.59. The van der Waals surface area contributed by atoms with Crippen molar-refractivity contribution >= 4 is 27.3 Å². The van der Waals surface area contributed by atoms with Crippen LogP contribution in [-0.4, -0.2) is 15.4 Å². The van der Waals surface area contributed by atoms with Gasteiger partial charge in [-0.25, -0.2) is 4.98 Å². The molecule has 1 aromatic rings. The van der Waals surface area contributed by atoms with E-state index in [1.165, 1.54) is 11.3 Å². The maximum Gasteiger partial charge on any atom is 0.167 e. The molecule has 0 radical (unpaired) electrons. The number of alkyl halides is 1. The summed E-state index contributed by atoms with van der Waals surface area (Å²) in [5.41, 5.74) is 0. The lowest BCUT2D eigenvalue weighted by Crippen LogP contribution is -1.70. The minimum absolute atomic E-state index is 0.0534. The van der Waals surface area contributed by atoms with Crippen LogP contribution in [0.25, 0.3) is 0 Å². The quantitative estimate of drug-likeness (QED) is 0.637. The smallest absolute Gasteiger partial charge is 0.167 e. The molecule has 12 heavy (non-hydrogen) atoms. The van der Waals surface area contributed by atoms with E-state index in [2.05, 4.69) is 32.8 Å². The van der Waals surface area contributed by atoms with E-state index in [1.807, 2.05) is 0 Å². The van der Waals surface area contributed by atoms with Crippen LogP contribution in [0.1, 0.15) is 16.3 Å². The molecule has 0 aromatic carbocycles. The normalized spacial score (nSPS) is 9.17. The molecule has 0 bridgehead atoms. The van der Waals surface area contributed by atoms with E-state index in [0.29, 0.717) is 0 Å². The van der Waals surface area contributed by atoms with Crippen molar-refractivity contribution < 1.29 is 5.11 Å². The molecule has 0 atom stereocenters. The van der Waals surface area contributed by atoms with Gasteiger partial charge in [0, 0.05) is 17.9 Å². The van der Waals surface area contributed by atoms with Crippen LogP contribution >= 0.6 is 27.3 Å². The fraction of sp³-hybridized carbons (Fsp3) is 0.375. The van der Waals surface area contributed by atoms with Gasteiger partial charge in [0.25, 0.3) is 0 Å². The Hall–Kier alpha value is -0.370. The molecular weight excluding hydrogens is 238 g/mol. The molecule has 4 heteroatoms. The fourth-order valence-electron chi connectivity index (χ4n) is 0.624. The third kappa shape index (κ3) is 2.94. The second-order valence-electron chi connectivity index (χ2n) is 2.03. The predicted molar refractivity (Wildman–Crippen MR) is 53.3 cm³/mol. The molecule has 1 aromatic heterocycles. The average molecular weight is 246 g/mol. The van der Waals surface area contributed by atoms with Crippen LogP contribution in [-0.2, 0) is 6.61 Å². The van der Waals surface area contributed by atoms with Gasteiger partial charge in [0.05, 0.1) is 11.5 Å². The minimum atomic E-state index is 0.0534. The summed E-state index contributed by atoms with van der Waals surface area (Å²) in [6.07, 6.45) is 2.48. The fourth-order valence-corrected chi connectivity index (χ4v) is 1.47. The Morgan fingerprint density at radius 3 is 3.08 bits per heavy atom. The van der Waals surface area contributed by atoms with E-state index in [1.54, 1.807) is 6.20 Å². The molecule has 0 saturated heterocycles. The summed E-state index contributed by atoms with van der Waals surface area (Å²) in [7, 11) is 0. The van der Waals surface area contributed by atoms with Crippen molar-refractivity contribution in [3.63, 3.8) is 0 Å². The third-order valence-corrected chi connectivity index (χ3v) is 2.42. The number of rotatable bonds is 2. The molecule has 0 fully saturated rings. The van der Waals surface area contributed by atoms with Crippen molar-refractivity contribution in [2.45, 2.75) is 13.0 Å². The topological polar surface area (TPSA) is 33.1 Å². The summed E-state index contributed by atoms with van der Waals surface area (Å²) >= 11 is 4.72. The molecule has 1 rings (SSSR count). The lowest BCUT2D eigenvalue weighted by Gasteiger charge is -1.79. The monoisotopic (exact) mass is 245 g/mol. The van der Waals surface area contributed by atoms with E-state index < -0.39 is 0 Å². The first-order chi connectivity index (χ1) is 5.86. The largest absolute Gasteiger partial charge is 0.391 e. The summed E-state index contributed by atoms with van der Waals surface area (Å²) in [5, 5.41) is 10.4. The number of hydrogen-bond donors (Lipinski definition) is 1. The molecule has 0 aliphatic carbocycles. The number of aliphatic hydroxyl groups excluding tert-OH is 1. The Kier molecular flexibility index (Phi) is 4.30. The maximum atomic E-state index is 8.74. The average Bonchev–Trinajstić information content (AvgIpc) is 2.53. The molecule has 0 unspecified atom stereocenters. The molecule has 1 N–H and O–H groups in total. The van der Waals surface area contributed by atoms with Gasteiger partial charge in [-0.3, -0.25) is 0 Å². The van der Waals surface area contributed by atoms with Crippen LogP contribution in [0.3, 0.4) is 0 Å². The molecular formula is C8H8BrNOS. The summed E-state index contributed by atoms with van der Waals surface area (Å²) in [4.78, 5) is 4.89. The number of aliphatic hydroxyl groups is 1. The predicted octanol–water partition coefficient (Wildman–Crippen LogP) is 1.77. The van der Waals surface area contributed by atoms with Crippen LogP contribution in [0.5, 0.6) is 0 Å². The molecule has 64 valence electrons. The zero-order valence-electron chi connectivity index (χ0n) is 6.38. The van der Waals surface area contributed by atoms with E-state index >= 15 is 0 Å². The Morgan fingerprint density at radius 2 is 2.50 bits per heavy atom. The first kappa shape index (κ1) is 9.72. The van der Waals surface area contributed by atoms with Gasteiger partial charge in [-0.05, 0) is 5.92 Å². The van der Waals surface area contributed by atoms with Gasteiger partial charge in [-0.1, -0.05) is 21.9 Å². The van der Waals surface area contributed by atoms with Crippen LogP contribution in [0.4, 0.5) is 0 Å². The number of halogens is 1. The van der Waals surface area contributed by atoms with Crippen molar-refractivity contribution in [2.75, 3.05) is 5.33 Å². The van der Waals surface area contributed by atoms with Crippen molar-refractivity contribution in [1.29, 1.82) is 0 Å². The van der Waals surface area contributed by atoms with E-state index in [0.717, 1.165) is 21.6 Å². The van der Waals surface area contributed by atoms with Crippen molar-refractivity contribution in [3.8, 4) is 11.8 Å². The lowest BCUT2D eigenvalue weighted by molar-refractivity contribution is 0.285. The number of nitrogens with zero attached hydrogens (tertiary/aromatic N) is 1. The SMILES string of the molecule is OCc1cnc(C#CCCBr)s1.